The van der Waals surface area contributed by atoms with Crippen LogP contribution in [-0.4, -0.2) is 20.3 Å². The minimum Gasteiger partial charge on any atom is -0.299 e. The number of aryl methyl sites for hydroxylation is 1. The summed E-state index contributed by atoms with van der Waals surface area (Å²) in [4.78, 5) is 18.9. The maximum Gasteiger partial charge on any atom is 0.271 e. The van der Waals surface area contributed by atoms with Crippen molar-refractivity contribution in [3.63, 3.8) is 0 Å². The molecule has 0 radical (unpaired) electrons. The molecule has 0 aliphatic rings. The van der Waals surface area contributed by atoms with E-state index in [1.54, 1.807) is 0 Å². The molecule has 4 aromatic rings. The van der Waals surface area contributed by atoms with Crippen molar-refractivity contribution in [2.45, 2.75) is 13.3 Å². The Labute approximate surface area is 137 Å². The molecule has 1 N–H and O–H groups in total. The minimum absolute atomic E-state index is 0.262. The summed E-state index contributed by atoms with van der Waals surface area (Å²) in [5.41, 5.74) is 5.22. The van der Waals surface area contributed by atoms with E-state index in [0.717, 1.165) is 11.1 Å². The Hall–Kier alpha value is -3.28. The highest BCUT2D eigenvalue weighted by molar-refractivity contribution is 5.64. The largest absolute Gasteiger partial charge is 0.299 e. The lowest BCUT2D eigenvalue weighted by Crippen LogP contribution is -2.15. The molecule has 2 aromatic carbocycles. The molecule has 2 aromatic heterocycles. The van der Waals surface area contributed by atoms with Crippen molar-refractivity contribution in [2.24, 2.45) is 0 Å². The molecule has 6 nitrogen and oxygen atoms in total. The van der Waals surface area contributed by atoms with E-state index in [0.29, 0.717) is 17.8 Å². The highest BCUT2D eigenvalue weighted by Gasteiger charge is 2.09. The quantitative estimate of drug-likeness (QED) is 0.628. The van der Waals surface area contributed by atoms with E-state index in [4.69, 9.17) is 0 Å². The van der Waals surface area contributed by atoms with Gasteiger partial charge in [-0.1, -0.05) is 54.1 Å². The monoisotopic (exact) mass is 318 g/mol. The van der Waals surface area contributed by atoms with Gasteiger partial charge in [0.05, 0.1) is 0 Å². The first-order valence-electron chi connectivity index (χ1n) is 7.56. The predicted molar refractivity (Wildman–Crippen MR) is 89.6 cm³/mol. The van der Waals surface area contributed by atoms with E-state index in [1.165, 1.54) is 11.1 Å². The Morgan fingerprint density at radius 1 is 0.958 bits per heavy atom. The van der Waals surface area contributed by atoms with Gasteiger partial charge in [-0.3, -0.25) is 9.78 Å². The summed E-state index contributed by atoms with van der Waals surface area (Å²) in [6.45, 7) is 2.07. The van der Waals surface area contributed by atoms with Gasteiger partial charge in [0.2, 0.25) is 11.3 Å². The first-order valence-corrected chi connectivity index (χ1v) is 7.56. The van der Waals surface area contributed by atoms with Crippen molar-refractivity contribution in [3.05, 3.63) is 75.7 Å². The van der Waals surface area contributed by atoms with Crippen LogP contribution in [0.25, 0.3) is 22.4 Å². The number of aromatic amines is 1. The van der Waals surface area contributed by atoms with Crippen LogP contribution in [0, 0.1) is 6.92 Å². The lowest BCUT2D eigenvalue weighted by atomic mass is 10.0. The lowest BCUT2D eigenvalue weighted by Gasteiger charge is -2.05. The van der Waals surface area contributed by atoms with Gasteiger partial charge < -0.3 is 0 Å². The molecule has 2 heterocycles. The molecule has 24 heavy (non-hydrogen) atoms. The predicted octanol–water partition coefficient (Wildman–Crippen LogP) is 2.87. The second kappa shape index (κ2) is 5.73. The van der Waals surface area contributed by atoms with Crippen LogP contribution in [0.15, 0.2) is 58.0 Å². The molecule has 118 valence electrons. The Balaban J connectivity index is 1.61. The fraction of sp³-hybridized carbons (Fsp3) is 0.111. The van der Waals surface area contributed by atoms with Gasteiger partial charge in [0, 0.05) is 6.42 Å². The molecule has 4 rings (SSSR count). The number of hydrogen-bond donors (Lipinski definition) is 1. The molecule has 0 saturated carbocycles. The van der Waals surface area contributed by atoms with Gasteiger partial charge in [-0.15, -0.1) is 0 Å². The molecule has 0 saturated heterocycles. The molecular formula is C18H14N4O2. The van der Waals surface area contributed by atoms with Gasteiger partial charge in [0.1, 0.15) is 5.69 Å². The van der Waals surface area contributed by atoms with Crippen molar-refractivity contribution in [1.82, 2.24) is 20.3 Å². The van der Waals surface area contributed by atoms with Crippen molar-refractivity contribution in [2.75, 3.05) is 0 Å². The van der Waals surface area contributed by atoms with Crippen LogP contribution in [0.2, 0.25) is 0 Å². The van der Waals surface area contributed by atoms with Crippen LogP contribution in [0.4, 0.5) is 0 Å². The van der Waals surface area contributed by atoms with Crippen molar-refractivity contribution >= 4 is 11.3 Å². The zero-order valence-electron chi connectivity index (χ0n) is 13.0. The Morgan fingerprint density at radius 3 is 2.33 bits per heavy atom. The third kappa shape index (κ3) is 2.69. The van der Waals surface area contributed by atoms with Gasteiger partial charge in [-0.25, -0.2) is 9.61 Å². The highest BCUT2D eigenvalue weighted by Crippen LogP contribution is 2.20. The third-order valence-electron chi connectivity index (χ3n) is 3.92. The van der Waals surface area contributed by atoms with Crippen molar-refractivity contribution < 1.29 is 4.63 Å². The third-order valence-corrected chi connectivity index (χ3v) is 3.92. The van der Waals surface area contributed by atoms with Crippen LogP contribution >= 0.6 is 0 Å². The van der Waals surface area contributed by atoms with E-state index < -0.39 is 0 Å². The zero-order valence-corrected chi connectivity index (χ0v) is 13.0. The Morgan fingerprint density at radius 2 is 1.62 bits per heavy atom. The number of hydrogen-bond acceptors (Lipinski definition) is 5. The average Bonchev–Trinajstić information content (AvgIpc) is 3.04. The van der Waals surface area contributed by atoms with Crippen LogP contribution < -0.4 is 5.56 Å². The summed E-state index contributed by atoms with van der Waals surface area (Å²) in [6, 6.07) is 16.5. The number of H-pyrrole nitrogens is 1. The second-order valence-electron chi connectivity index (χ2n) is 5.69. The summed E-state index contributed by atoms with van der Waals surface area (Å²) >= 11 is 0. The first kappa shape index (κ1) is 14.3. The highest BCUT2D eigenvalue weighted by atomic mass is 16.6. The zero-order chi connectivity index (χ0) is 16.5. The van der Waals surface area contributed by atoms with E-state index >= 15 is 0 Å². The van der Waals surface area contributed by atoms with Gasteiger partial charge in [0.15, 0.2) is 0 Å². The van der Waals surface area contributed by atoms with Crippen molar-refractivity contribution in [1.29, 1.82) is 0 Å². The summed E-state index contributed by atoms with van der Waals surface area (Å²) in [5, 5.41) is 7.23. The Kier molecular flexibility index (Phi) is 3.42. The molecule has 6 heteroatoms. The number of benzene rings is 2. The fourth-order valence-corrected chi connectivity index (χ4v) is 2.57. The molecule has 0 spiro atoms. The summed E-state index contributed by atoms with van der Waals surface area (Å²) in [7, 11) is 0. The molecule has 0 aliphatic carbocycles. The molecule has 0 fully saturated rings. The van der Waals surface area contributed by atoms with Crippen LogP contribution in [-0.2, 0) is 6.42 Å². The summed E-state index contributed by atoms with van der Waals surface area (Å²) in [6.07, 6.45) is 0.423. The molecule has 0 aliphatic heterocycles. The Bertz CT molecular complexity index is 1050. The topological polar surface area (TPSA) is 84.7 Å². The van der Waals surface area contributed by atoms with Crippen molar-refractivity contribution in [3.8, 4) is 11.1 Å². The summed E-state index contributed by atoms with van der Waals surface area (Å²) < 4.78 is 4.57. The fourth-order valence-electron chi connectivity index (χ4n) is 2.57. The van der Waals surface area contributed by atoms with Gasteiger partial charge in [-0.2, -0.15) is 0 Å². The maximum atomic E-state index is 12.0. The first-order chi connectivity index (χ1) is 11.7. The van der Waals surface area contributed by atoms with Gasteiger partial charge in [-0.05, 0) is 33.9 Å². The van der Waals surface area contributed by atoms with E-state index in [-0.39, 0.29) is 11.2 Å². The normalized spacial score (nSPS) is 11.0. The smallest absolute Gasteiger partial charge is 0.271 e. The van der Waals surface area contributed by atoms with E-state index in [1.807, 2.05) is 24.3 Å². The standard InChI is InChI=1S/C18H14N4O2/c1-11-2-6-13(7-3-11)14-8-4-12(5-9-14)10-15-18(23)20-17-16(19-15)21-24-22-17/h2-9H,10H2,1H3,(H,20,22,23). The number of fused-ring (bicyclic) bond motifs is 1. The molecule has 0 bridgehead atoms. The van der Waals surface area contributed by atoms with Gasteiger partial charge in [0.25, 0.3) is 5.56 Å². The van der Waals surface area contributed by atoms with Gasteiger partial charge >= 0.3 is 0 Å². The average molecular weight is 318 g/mol. The molecule has 0 unspecified atom stereocenters. The number of nitrogens with zero attached hydrogens (tertiary/aromatic N) is 3. The molecule has 0 atom stereocenters. The van der Waals surface area contributed by atoms with Crippen LogP contribution in [0.1, 0.15) is 16.8 Å². The van der Waals surface area contributed by atoms with Crippen LogP contribution in [0.3, 0.4) is 0 Å². The van der Waals surface area contributed by atoms with Crippen LogP contribution in [0.5, 0.6) is 0 Å². The number of nitrogens with one attached hydrogen (secondary N) is 1. The van der Waals surface area contributed by atoms with E-state index in [9.17, 15) is 4.79 Å². The van der Waals surface area contributed by atoms with E-state index in [2.05, 4.69) is 56.1 Å². The number of rotatable bonds is 3. The lowest BCUT2D eigenvalue weighted by molar-refractivity contribution is 0.314. The molecular weight excluding hydrogens is 304 g/mol. The second-order valence-corrected chi connectivity index (χ2v) is 5.69. The SMILES string of the molecule is Cc1ccc(-c2ccc(Cc3nc4nonc4[nH]c3=O)cc2)cc1. The maximum absolute atomic E-state index is 12.0. The molecule has 0 amide bonds. The summed E-state index contributed by atoms with van der Waals surface area (Å²) in [5.74, 6) is 0. The minimum atomic E-state index is -0.277. The number of aromatic nitrogens is 4.